The van der Waals surface area contributed by atoms with Gasteiger partial charge in [-0.1, -0.05) is 23.8 Å². The molecule has 0 saturated heterocycles. The maximum absolute atomic E-state index is 11.8. The number of nitrogens with one attached hydrogen (secondary N) is 1. The fourth-order valence-corrected chi connectivity index (χ4v) is 2.03. The minimum atomic E-state index is -0.360. The highest BCUT2D eigenvalue weighted by Gasteiger charge is 2.11. The van der Waals surface area contributed by atoms with Gasteiger partial charge in [-0.3, -0.25) is 10.2 Å². The number of aryl methyl sites for hydroxylation is 3. The van der Waals surface area contributed by atoms with E-state index < -0.39 is 0 Å². The lowest BCUT2D eigenvalue weighted by Gasteiger charge is -2.09. The van der Waals surface area contributed by atoms with Crippen LogP contribution in [0.1, 0.15) is 16.7 Å². The molecule has 1 aromatic carbocycles. The summed E-state index contributed by atoms with van der Waals surface area (Å²) in [6.45, 7) is 4.01. The van der Waals surface area contributed by atoms with Crippen molar-refractivity contribution in [2.45, 2.75) is 13.8 Å². The third-order valence-corrected chi connectivity index (χ3v) is 3.01. The summed E-state index contributed by atoms with van der Waals surface area (Å²) < 4.78 is 1.21. The molecule has 0 aliphatic rings. The Hall–Kier alpha value is -2.43. The van der Waals surface area contributed by atoms with Gasteiger partial charge in [-0.2, -0.15) is 5.10 Å². The molecule has 0 amide bonds. The van der Waals surface area contributed by atoms with Crippen molar-refractivity contribution in [2.75, 3.05) is 0 Å². The molecule has 2 aromatic rings. The Bertz CT molecular complexity index is 716. The largest absolute Gasteiger partial charge is 0.384 e. The summed E-state index contributed by atoms with van der Waals surface area (Å²) in [6.07, 6.45) is 0. The molecule has 0 fully saturated rings. The molecule has 1 heterocycles. The van der Waals surface area contributed by atoms with Crippen LogP contribution in [-0.2, 0) is 7.05 Å². The highest BCUT2D eigenvalue weighted by Crippen LogP contribution is 2.22. The second kappa shape index (κ2) is 4.68. The Morgan fingerprint density at radius 1 is 1.32 bits per heavy atom. The molecule has 0 aliphatic carbocycles. The molecule has 5 heteroatoms. The summed E-state index contributed by atoms with van der Waals surface area (Å²) in [5, 5.41) is 11.7. The predicted octanol–water partition coefficient (Wildman–Crippen LogP) is 1.35. The number of hydrogen-bond acceptors (Lipinski definition) is 3. The van der Waals surface area contributed by atoms with E-state index in [9.17, 15) is 4.79 Å². The first kappa shape index (κ1) is 13.0. The number of nitrogens with zero attached hydrogens (tertiary/aromatic N) is 2. The fraction of sp³-hybridized carbons (Fsp3) is 0.214. The SMILES string of the molecule is Cc1ccc(-c2cc(C(=N)N)c(=O)n(C)n2)c(C)c1. The molecule has 3 N–H and O–H groups in total. The van der Waals surface area contributed by atoms with Gasteiger partial charge in [-0.15, -0.1) is 0 Å². The molecule has 19 heavy (non-hydrogen) atoms. The molecular formula is C14H16N4O. The van der Waals surface area contributed by atoms with Crippen molar-refractivity contribution >= 4 is 5.84 Å². The monoisotopic (exact) mass is 256 g/mol. The Morgan fingerprint density at radius 3 is 2.58 bits per heavy atom. The minimum absolute atomic E-state index is 0.174. The number of nitrogen functional groups attached to an aromatic ring is 1. The van der Waals surface area contributed by atoms with E-state index in [2.05, 4.69) is 11.2 Å². The van der Waals surface area contributed by atoms with E-state index in [-0.39, 0.29) is 17.0 Å². The number of rotatable bonds is 2. The molecule has 0 bridgehead atoms. The summed E-state index contributed by atoms with van der Waals surface area (Å²) >= 11 is 0. The lowest BCUT2D eigenvalue weighted by atomic mass is 10.0. The van der Waals surface area contributed by atoms with Crippen molar-refractivity contribution in [3.8, 4) is 11.3 Å². The Balaban J connectivity index is 2.70. The molecule has 0 saturated carbocycles. The van der Waals surface area contributed by atoms with E-state index in [0.717, 1.165) is 16.7 Å². The van der Waals surface area contributed by atoms with Gasteiger partial charge in [0.25, 0.3) is 5.56 Å². The first-order chi connectivity index (χ1) is 8.90. The number of amidine groups is 1. The van der Waals surface area contributed by atoms with Gasteiger partial charge in [0.1, 0.15) is 5.84 Å². The quantitative estimate of drug-likeness (QED) is 0.628. The van der Waals surface area contributed by atoms with Crippen molar-refractivity contribution in [1.82, 2.24) is 9.78 Å². The minimum Gasteiger partial charge on any atom is -0.384 e. The van der Waals surface area contributed by atoms with E-state index in [0.29, 0.717) is 5.69 Å². The van der Waals surface area contributed by atoms with Crippen LogP contribution in [0.2, 0.25) is 0 Å². The van der Waals surface area contributed by atoms with E-state index in [1.165, 1.54) is 4.68 Å². The van der Waals surface area contributed by atoms with Crippen LogP contribution in [0.4, 0.5) is 0 Å². The Labute approximate surface area is 111 Å². The first-order valence-corrected chi connectivity index (χ1v) is 5.90. The van der Waals surface area contributed by atoms with Crippen LogP contribution in [-0.4, -0.2) is 15.6 Å². The molecule has 2 rings (SSSR count). The third-order valence-electron chi connectivity index (χ3n) is 3.01. The smallest absolute Gasteiger partial charge is 0.277 e. The van der Waals surface area contributed by atoms with Crippen LogP contribution >= 0.6 is 0 Å². The highest BCUT2D eigenvalue weighted by molar-refractivity contribution is 5.95. The number of hydrogen-bond donors (Lipinski definition) is 2. The van der Waals surface area contributed by atoms with Crippen molar-refractivity contribution in [2.24, 2.45) is 12.8 Å². The highest BCUT2D eigenvalue weighted by atomic mass is 16.1. The van der Waals surface area contributed by atoms with Gasteiger partial charge in [0.15, 0.2) is 0 Å². The molecule has 0 atom stereocenters. The Kier molecular flexibility index (Phi) is 3.21. The second-order valence-corrected chi connectivity index (χ2v) is 4.60. The summed E-state index contributed by atoms with van der Waals surface area (Å²) in [4.78, 5) is 11.8. The predicted molar refractivity (Wildman–Crippen MR) is 75.4 cm³/mol. The molecule has 0 unspecified atom stereocenters. The third kappa shape index (κ3) is 2.40. The lowest BCUT2D eigenvalue weighted by Crippen LogP contribution is -2.29. The molecule has 98 valence electrons. The summed E-state index contributed by atoms with van der Waals surface area (Å²) in [5.41, 5.74) is 9.06. The topological polar surface area (TPSA) is 84.8 Å². The number of benzene rings is 1. The number of nitrogens with two attached hydrogens (primary N) is 1. The van der Waals surface area contributed by atoms with Crippen LogP contribution in [0.15, 0.2) is 29.1 Å². The van der Waals surface area contributed by atoms with Gasteiger partial charge in [0, 0.05) is 12.6 Å². The van der Waals surface area contributed by atoms with Crippen LogP contribution in [0.3, 0.4) is 0 Å². The zero-order valence-corrected chi connectivity index (χ0v) is 11.2. The average molecular weight is 256 g/mol. The van der Waals surface area contributed by atoms with Gasteiger partial charge >= 0.3 is 0 Å². The fourth-order valence-electron chi connectivity index (χ4n) is 2.03. The van der Waals surface area contributed by atoms with Crippen LogP contribution in [0, 0.1) is 19.3 Å². The summed E-state index contributed by atoms with van der Waals surface area (Å²) in [7, 11) is 1.56. The van der Waals surface area contributed by atoms with Crippen LogP contribution < -0.4 is 11.3 Å². The number of aromatic nitrogens is 2. The summed E-state index contributed by atoms with van der Waals surface area (Å²) in [6, 6.07) is 7.57. The zero-order chi connectivity index (χ0) is 14.2. The van der Waals surface area contributed by atoms with Gasteiger partial charge in [0.2, 0.25) is 0 Å². The maximum Gasteiger partial charge on any atom is 0.277 e. The van der Waals surface area contributed by atoms with Crippen LogP contribution in [0.25, 0.3) is 11.3 Å². The molecule has 1 aromatic heterocycles. The van der Waals surface area contributed by atoms with Gasteiger partial charge in [0.05, 0.1) is 11.3 Å². The van der Waals surface area contributed by atoms with E-state index >= 15 is 0 Å². The Morgan fingerprint density at radius 2 is 2.00 bits per heavy atom. The average Bonchev–Trinajstić information content (AvgIpc) is 2.32. The van der Waals surface area contributed by atoms with Crippen molar-refractivity contribution < 1.29 is 0 Å². The van der Waals surface area contributed by atoms with Crippen molar-refractivity contribution in [3.63, 3.8) is 0 Å². The van der Waals surface area contributed by atoms with Crippen molar-refractivity contribution in [1.29, 1.82) is 5.41 Å². The van der Waals surface area contributed by atoms with Gasteiger partial charge in [-0.05, 0) is 25.5 Å². The molecular weight excluding hydrogens is 240 g/mol. The molecule has 0 aliphatic heterocycles. The second-order valence-electron chi connectivity index (χ2n) is 4.60. The molecule has 0 radical (unpaired) electrons. The summed E-state index contributed by atoms with van der Waals surface area (Å²) in [5.74, 6) is -0.242. The van der Waals surface area contributed by atoms with E-state index in [1.807, 2.05) is 26.0 Å². The normalized spacial score (nSPS) is 10.5. The maximum atomic E-state index is 11.8. The standard InChI is InChI=1S/C14H16N4O/c1-8-4-5-10(9(2)6-8)12-7-11(13(15)16)14(19)18(3)17-12/h4-7H,1-3H3,(H3,15,16). The lowest BCUT2D eigenvalue weighted by molar-refractivity contribution is 0.709. The zero-order valence-electron chi connectivity index (χ0n) is 11.2. The first-order valence-electron chi connectivity index (χ1n) is 5.90. The van der Waals surface area contributed by atoms with E-state index in [1.54, 1.807) is 13.1 Å². The van der Waals surface area contributed by atoms with E-state index in [4.69, 9.17) is 11.1 Å². The van der Waals surface area contributed by atoms with Crippen molar-refractivity contribution in [3.05, 3.63) is 51.3 Å². The van der Waals surface area contributed by atoms with Crippen LogP contribution in [0.5, 0.6) is 0 Å². The molecule has 0 spiro atoms. The van der Waals surface area contributed by atoms with Gasteiger partial charge < -0.3 is 5.73 Å². The molecule has 5 nitrogen and oxygen atoms in total. The van der Waals surface area contributed by atoms with Gasteiger partial charge in [-0.25, -0.2) is 4.68 Å².